The lowest BCUT2D eigenvalue weighted by molar-refractivity contribution is -0.231. The summed E-state index contributed by atoms with van der Waals surface area (Å²) in [6.45, 7) is 3.04. The van der Waals surface area contributed by atoms with Crippen molar-refractivity contribution < 1.29 is 22.3 Å². The molecule has 1 aromatic carbocycles. The average molecular weight is 554 g/mol. The Hall–Kier alpha value is -3.78. The van der Waals surface area contributed by atoms with Crippen LogP contribution in [0.15, 0.2) is 61.1 Å². The van der Waals surface area contributed by atoms with Crippen LogP contribution in [0.5, 0.6) is 0 Å². The second-order valence-electron chi connectivity index (χ2n) is 9.69. The van der Waals surface area contributed by atoms with Crippen LogP contribution in [0.4, 0.5) is 10.3 Å². The second-order valence-corrected chi connectivity index (χ2v) is 11.5. The molecule has 204 valence electrons. The van der Waals surface area contributed by atoms with Crippen molar-refractivity contribution in [3.63, 3.8) is 0 Å². The van der Waals surface area contributed by atoms with Crippen molar-refractivity contribution in [1.29, 1.82) is 0 Å². The van der Waals surface area contributed by atoms with E-state index in [0.717, 1.165) is 11.8 Å². The molecule has 0 unspecified atom stereocenters. The Balaban J connectivity index is 1.40. The van der Waals surface area contributed by atoms with E-state index in [-0.39, 0.29) is 25.6 Å². The zero-order chi connectivity index (χ0) is 27.5. The molecule has 1 aliphatic heterocycles. The van der Waals surface area contributed by atoms with Crippen LogP contribution in [0, 0.1) is 11.2 Å². The Kier molecular flexibility index (Phi) is 7.66. The van der Waals surface area contributed by atoms with Gasteiger partial charge in [-0.05, 0) is 42.0 Å². The number of hydrogen-bond acceptors (Lipinski definition) is 9. The van der Waals surface area contributed by atoms with Gasteiger partial charge in [0.1, 0.15) is 5.82 Å². The average Bonchev–Trinajstić information content (AvgIpc) is 3.38. The van der Waals surface area contributed by atoms with E-state index in [9.17, 15) is 12.8 Å². The van der Waals surface area contributed by atoms with Crippen LogP contribution >= 0.6 is 0 Å². The summed E-state index contributed by atoms with van der Waals surface area (Å²) in [5.74, 6) is 0.462. The van der Waals surface area contributed by atoms with E-state index >= 15 is 0 Å². The van der Waals surface area contributed by atoms with E-state index in [1.807, 2.05) is 19.1 Å². The molecule has 3 N–H and O–H groups in total. The number of hydrogen-bond donors (Lipinski definition) is 3. The van der Waals surface area contributed by atoms with Gasteiger partial charge < -0.3 is 19.8 Å². The third-order valence-corrected chi connectivity index (χ3v) is 6.74. The summed E-state index contributed by atoms with van der Waals surface area (Å²) in [4.78, 5) is 21.1. The summed E-state index contributed by atoms with van der Waals surface area (Å²) in [6.07, 6.45) is 5.40. The number of nitrogens with one attached hydrogen (secondary N) is 3. The quantitative estimate of drug-likeness (QED) is 0.284. The van der Waals surface area contributed by atoms with E-state index < -0.39 is 21.7 Å². The van der Waals surface area contributed by atoms with Gasteiger partial charge in [-0.25, -0.2) is 32.5 Å². The zero-order valence-corrected chi connectivity index (χ0v) is 22.2. The van der Waals surface area contributed by atoms with Crippen LogP contribution in [-0.2, 0) is 26.0 Å². The molecule has 4 heterocycles. The fourth-order valence-corrected chi connectivity index (χ4v) is 4.59. The summed E-state index contributed by atoms with van der Waals surface area (Å²) in [5, 5.41) is 3.20. The standard InChI is InChI=1S/C26H28FN7O4S/c1-26(14-31-39(2,35)36)15-37-24(38-16-26)23-33-21(18-5-7-19(27)8-6-18)22(34-23)20-9-11-29-25(32-20)30-13-17-4-3-10-28-12-17/h3-12,24,31H,13-16H2,1-2H3,(H,33,34)(H,29,30,32). The first-order chi connectivity index (χ1) is 18.7. The number of sulfonamides is 1. The third-order valence-electron chi connectivity index (χ3n) is 6.08. The molecule has 0 aliphatic carbocycles. The number of imidazole rings is 1. The summed E-state index contributed by atoms with van der Waals surface area (Å²) in [6, 6.07) is 11.6. The molecule has 1 aliphatic rings. The molecule has 3 aromatic heterocycles. The maximum atomic E-state index is 13.7. The molecule has 0 atom stereocenters. The van der Waals surface area contributed by atoms with Gasteiger partial charge in [0.05, 0.1) is 36.6 Å². The maximum Gasteiger partial charge on any atom is 0.223 e. The molecule has 0 amide bonds. The van der Waals surface area contributed by atoms with Crippen LogP contribution in [0.3, 0.4) is 0 Å². The van der Waals surface area contributed by atoms with Crippen molar-refractivity contribution in [2.45, 2.75) is 19.8 Å². The highest BCUT2D eigenvalue weighted by Crippen LogP contribution is 2.35. The van der Waals surface area contributed by atoms with Gasteiger partial charge in [0, 0.05) is 42.7 Å². The number of anilines is 1. The van der Waals surface area contributed by atoms with Crippen LogP contribution in [-0.4, -0.2) is 59.4 Å². The number of aromatic nitrogens is 5. The smallest absolute Gasteiger partial charge is 0.223 e. The molecular weight excluding hydrogens is 525 g/mol. The molecule has 11 nitrogen and oxygen atoms in total. The SMILES string of the molecule is CC1(CNS(C)(=O)=O)COC(c2nc(-c3ccc(F)cc3)c(-c3ccnc(NCc4cccnc4)n3)[nH]2)OC1. The summed E-state index contributed by atoms with van der Waals surface area (Å²) >= 11 is 0. The predicted octanol–water partition coefficient (Wildman–Crippen LogP) is 3.28. The van der Waals surface area contributed by atoms with Crippen molar-refractivity contribution in [1.82, 2.24) is 29.6 Å². The first-order valence-corrected chi connectivity index (χ1v) is 14.1. The summed E-state index contributed by atoms with van der Waals surface area (Å²) < 4.78 is 51.1. The number of benzene rings is 1. The first-order valence-electron chi connectivity index (χ1n) is 12.2. The lowest BCUT2D eigenvalue weighted by Gasteiger charge is -2.36. The van der Waals surface area contributed by atoms with Crippen molar-refractivity contribution in [3.8, 4) is 22.6 Å². The fraction of sp³-hybridized carbons (Fsp3) is 0.308. The maximum absolute atomic E-state index is 13.7. The number of pyridine rings is 1. The van der Waals surface area contributed by atoms with Gasteiger partial charge in [-0.3, -0.25) is 4.98 Å². The lowest BCUT2D eigenvalue weighted by Crippen LogP contribution is -2.45. The molecule has 39 heavy (non-hydrogen) atoms. The highest BCUT2D eigenvalue weighted by atomic mass is 32.2. The van der Waals surface area contributed by atoms with Gasteiger partial charge in [0.15, 0.2) is 5.82 Å². The number of ether oxygens (including phenoxy) is 2. The van der Waals surface area contributed by atoms with E-state index in [1.54, 1.807) is 36.8 Å². The van der Waals surface area contributed by atoms with E-state index in [0.29, 0.717) is 41.0 Å². The summed E-state index contributed by atoms with van der Waals surface area (Å²) in [7, 11) is -3.34. The Bertz CT molecular complexity index is 1520. The number of H-pyrrole nitrogens is 1. The van der Waals surface area contributed by atoms with Crippen LogP contribution in [0.1, 0.15) is 24.6 Å². The van der Waals surface area contributed by atoms with Gasteiger partial charge in [-0.1, -0.05) is 13.0 Å². The van der Waals surface area contributed by atoms with Crippen LogP contribution in [0.25, 0.3) is 22.6 Å². The highest BCUT2D eigenvalue weighted by Gasteiger charge is 2.35. The largest absolute Gasteiger partial charge is 0.350 e. The first kappa shape index (κ1) is 26.8. The molecular formula is C26H28FN7O4S. The van der Waals surface area contributed by atoms with Gasteiger partial charge in [0.2, 0.25) is 22.3 Å². The Labute approximate surface area is 225 Å². The van der Waals surface area contributed by atoms with E-state index in [1.165, 1.54) is 12.1 Å². The minimum atomic E-state index is -3.34. The van der Waals surface area contributed by atoms with Crippen molar-refractivity contribution in [2.75, 3.05) is 31.3 Å². The highest BCUT2D eigenvalue weighted by molar-refractivity contribution is 7.88. The molecule has 0 bridgehead atoms. The predicted molar refractivity (Wildman–Crippen MR) is 142 cm³/mol. The zero-order valence-electron chi connectivity index (χ0n) is 21.4. The van der Waals surface area contributed by atoms with Gasteiger partial charge in [-0.15, -0.1) is 0 Å². The molecule has 0 spiro atoms. The van der Waals surface area contributed by atoms with Crippen LogP contribution < -0.4 is 10.0 Å². The Morgan fingerprint density at radius 1 is 1.10 bits per heavy atom. The van der Waals surface area contributed by atoms with Gasteiger partial charge >= 0.3 is 0 Å². The van der Waals surface area contributed by atoms with Crippen LogP contribution in [0.2, 0.25) is 0 Å². The molecule has 1 fully saturated rings. The minimum Gasteiger partial charge on any atom is -0.350 e. The molecule has 5 rings (SSSR count). The Morgan fingerprint density at radius 3 is 2.56 bits per heavy atom. The van der Waals surface area contributed by atoms with Crippen molar-refractivity contribution in [3.05, 3.63) is 78.3 Å². The lowest BCUT2D eigenvalue weighted by atomic mass is 9.92. The third kappa shape index (κ3) is 6.81. The normalized spacial score (nSPS) is 19.6. The monoisotopic (exact) mass is 553 g/mol. The van der Waals surface area contributed by atoms with Crippen molar-refractivity contribution in [2.24, 2.45) is 5.41 Å². The Morgan fingerprint density at radius 2 is 1.87 bits per heavy atom. The molecule has 13 heteroatoms. The van der Waals surface area contributed by atoms with Crippen molar-refractivity contribution >= 4 is 16.0 Å². The molecule has 0 radical (unpaired) electrons. The van der Waals surface area contributed by atoms with Gasteiger partial charge in [-0.2, -0.15) is 0 Å². The number of nitrogens with zero attached hydrogens (tertiary/aromatic N) is 4. The minimum absolute atomic E-state index is 0.179. The van der Waals surface area contributed by atoms with E-state index in [4.69, 9.17) is 14.5 Å². The number of rotatable bonds is 9. The number of aromatic amines is 1. The molecule has 4 aromatic rings. The second kappa shape index (κ2) is 11.1. The topological polar surface area (TPSA) is 144 Å². The summed E-state index contributed by atoms with van der Waals surface area (Å²) in [5.41, 5.74) is 2.80. The fourth-order valence-electron chi connectivity index (χ4n) is 3.98. The number of halogens is 1. The molecule has 1 saturated heterocycles. The van der Waals surface area contributed by atoms with E-state index in [2.05, 4.69) is 30.0 Å². The molecule has 0 saturated carbocycles. The van der Waals surface area contributed by atoms with Gasteiger partial charge in [0.25, 0.3) is 0 Å².